The number of halogens is 1. The fraction of sp³-hybridized carbons (Fsp3) is 0.818. The maximum Gasteiger partial charge on any atom is 0.187 e. The van der Waals surface area contributed by atoms with Crippen LogP contribution in [0.25, 0.3) is 0 Å². The molecule has 1 aromatic rings. The first-order chi connectivity index (χ1) is 7.68. The average molecular weight is 260 g/mol. The Labute approximate surface area is 106 Å². The van der Waals surface area contributed by atoms with E-state index >= 15 is 0 Å². The number of rotatable bonds is 2. The highest BCUT2D eigenvalue weighted by molar-refractivity contribution is 6.99. The number of aromatic nitrogens is 2. The van der Waals surface area contributed by atoms with Gasteiger partial charge in [0, 0.05) is 13.1 Å². The van der Waals surface area contributed by atoms with Gasteiger partial charge >= 0.3 is 0 Å². The van der Waals surface area contributed by atoms with Gasteiger partial charge in [-0.15, -0.1) is 0 Å². The number of nitrogens with zero attached hydrogens (tertiary/aromatic N) is 3. The van der Waals surface area contributed by atoms with Crippen molar-refractivity contribution in [3.63, 3.8) is 0 Å². The number of hydrogen-bond donors (Lipinski definition) is 0. The van der Waals surface area contributed by atoms with Crippen molar-refractivity contribution in [3.05, 3.63) is 5.15 Å². The topological polar surface area (TPSA) is 29.0 Å². The molecular formula is C11H18ClN3S. The Kier molecular flexibility index (Phi) is 4.03. The lowest BCUT2D eigenvalue weighted by Gasteiger charge is -2.21. The summed E-state index contributed by atoms with van der Waals surface area (Å²) in [6.07, 6.45) is 3.80. The Morgan fingerprint density at radius 1 is 1.31 bits per heavy atom. The van der Waals surface area contributed by atoms with E-state index in [-0.39, 0.29) is 0 Å². The van der Waals surface area contributed by atoms with Crippen LogP contribution in [0.15, 0.2) is 0 Å². The zero-order valence-electron chi connectivity index (χ0n) is 9.82. The highest BCUT2D eigenvalue weighted by Gasteiger charge is 2.22. The molecule has 0 aliphatic carbocycles. The van der Waals surface area contributed by atoms with Gasteiger partial charge in [-0.1, -0.05) is 25.4 Å². The molecule has 1 saturated heterocycles. The molecule has 3 nitrogen and oxygen atoms in total. The Bertz CT molecular complexity index is 340. The van der Waals surface area contributed by atoms with Gasteiger partial charge in [0.15, 0.2) is 11.0 Å². The second kappa shape index (κ2) is 5.32. The van der Waals surface area contributed by atoms with Gasteiger partial charge in [-0.25, -0.2) is 0 Å². The molecule has 1 fully saturated rings. The van der Waals surface area contributed by atoms with Crippen LogP contribution in [0.5, 0.6) is 0 Å². The van der Waals surface area contributed by atoms with Crippen molar-refractivity contribution in [2.45, 2.75) is 33.1 Å². The molecule has 16 heavy (non-hydrogen) atoms. The molecule has 2 heterocycles. The summed E-state index contributed by atoms with van der Waals surface area (Å²) in [5, 5.41) is 0.563. The van der Waals surface area contributed by atoms with E-state index in [1.54, 1.807) is 0 Å². The summed E-state index contributed by atoms with van der Waals surface area (Å²) in [7, 11) is 0. The minimum atomic E-state index is 0.563. The number of anilines is 1. The second-order valence-electron chi connectivity index (χ2n) is 4.80. The molecule has 1 unspecified atom stereocenters. The lowest BCUT2D eigenvalue weighted by Crippen LogP contribution is -2.25. The average Bonchev–Trinajstić information content (AvgIpc) is 2.54. The molecule has 0 amide bonds. The molecule has 0 radical (unpaired) electrons. The number of hydrogen-bond acceptors (Lipinski definition) is 4. The maximum absolute atomic E-state index is 6.02. The highest BCUT2D eigenvalue weighted by atomic mass is 35.5. The van der Waals surface area contributed by atoms with Crippen LogP contribution in [0.2, 0.25) is 5.15 Å². The van der Waals surface area contributed by atoms with E-state index in [2.05, 4.69) is 27.5 Å². The van der Waals surface area contributed by atoms with Crippen molar-refractivity contribution in [3.8, 4) is 0 Å². The van der Waals surface area contributed by atoms with Crippen LogP contribution in [0, 0.1) is 11.8 Å². The molecule has 0 aromatic carbocycles. The van der Waals surface area contributed by atoms with Gasteiger partial charge in [0.1, 0.15) is 0 Å². The van der Waals surface area contributed by atoms with Crippen LogP contribution in [0.4, 0.5) is 5.82 Å². The van der Waals surface area contributed by atoms with Gasteiger partial charge < -0.3 is 4.90 Å². The standard InChI is InChI=1S/C11H18ClN3S/c1-8(2)9-4-3-6-15(7-5-9)11-10(12)13-16-14-11/h8-9H,3-7H2,1-2H3. The molecule has 0 bridgehead atoms. The summed E-state index contributed by atoms with van der Waals surface area (Å²) in [4.78, 5) is 2.29. The Balaban J connectivity index is 2.02. The minimum Gasteiger partial charge on any atom is -0.353 e. The molecule has 1 aliphatic heterocycles. The van der Waals surface area contributed by atoms with E-state index in [1.807, 2.05) is 0 Å². The Morgan fingerprint density at radius 3 is 2.75 bits per heavy atom. The van der Waals surface area contributed by atoms with Gasteiger partial charge in [-0.2, -0.15) is 8.75 Å². The third kappa shape index (κ3) is 2.66. The van der Waals surface area contributed by atoms with Crippen molar-refractivity contribution in [2.75, 3.05) is 18.0 Å². The van der Waals surface area contributed by atoms with Crippen molar-refractivity contribution in [1.29, 1.82) is 0 Å². The van der Waals surface area contributed by atoms with E-state index in [0.717, 1.165) is 30.7 Å². The molecule has 0 spiro atoms. The SMILES string of the molecule is CC(C)C1CCCN(c2nsnc2Cl)CC1. The van der Waals surface area contributed by atoms with Crippen molar-refractivity contribution in [2.24, 2.45) is 11.8 Å². The predicted molar refractivity (Wildman–Crippen MR) is 69.3 cm³/mol. The van der Waals surface area contributed by atoms with Crippen LogP contribution in [-0.2, 0) is 0 Å². The highest BCUT2D eigenvalue weighted by Crippen LogP contribution is 2.29. The summed E-state index contributed by atoms with van der Waals surface area (Å²) in [5.74, 6) is 2.51. The third-order valence-corrected chi connectivity index (χ3v) is 4.32. The summed E-state index contributed by atoms with van der Waals surface area (Å²) in [6, 6.07) is 0. The van der Waals surface area contributed by atoms with Crippen LogP contribution in [-0.4, -0.2) is 21.8 Å². The predicted octanol–water partition coefficient (Wildman–Crippen LogP) is 3.45. The van der Waals surface area contributed by atoms with E-state index < -0.39 is 0 Å². The molecule has 90 valence electrons. The fourth-order valence-electron chi connectivity index (χ4n) is 2.36. The molecule has 1 atom stereocenters. The van der Waals surface area contributed by atoms with Gasteiger partial charge in [-0.05, 0) is 31.1 Å². The normalized spacial score (nSPS) is 22.5. The second-order valence-corrected chi connectivity index (χ2v) is 5.69. The lowest BCUT2D eigenvalue weighted by molar-refractivity contribution is 0.351. The largest absolute Gasteiger partial charge is 0.353 e. The van der Waals surface area contributed by atoms with Gasteiger partial charge in [0.05, 0.1) is 11.7 Å². The Hall–Kier alpha value is -0.350. The van der Waals surface area contributed by atoms with E-state index in [0.29, 0.717) is 5.15 Å². The maximum atomic E-state index is 6.02. The quantitative estimate of drug-likeness (QED) is 0.815. The zero-order valence-corrected chi connectivity index (χ0v) is 11.4. The van der Waals surface area contributed by atoms with Crippen LogP contribution in [0.1, 0.15) is 33.1 Å². The van der Waals surface area contributed by atoms with E-state index in [9.17, 15) is 0 Å². The van der Waals surface area contributed by atoms with Gasteiger partial charge in [0.25, 0.3) is 0 Å². The van der Waals surface area contributed by atoms with E-state index in [1.165, 1.54) is 31.0 Å². The summed E-state index contributed by atoms with van der Waals surface area (Å²) in [5.41, 5.74) is 0. The molecule has 2 rings (SSSR count). The molecule has 0 saturated carbocycles. The molecule has 1 aromatic heterocycles. The summed E-state index contributed by atoms with van der Waals surface area (Å²) in [6.45, 7) is 6.76. The fourth-order valence-corrected chi connectivity index (χ4v) is 3.14. The smallest absolute Gasteiger partial charge is 0.187 e. The molecular weight excluding hydrogens is 242 g/mol. The summed E-state index contributed by atoms with van der Waals surface area (Å²) < 4.78 is 8.31. The molecule has 5 heteroatoms. The molecule has 0 N–H and O–H groups in total. The molecule has 1 aliphatic rings. The first-order valence-corrected chi connectivity index (χ1v) is 7.02. The van der Waals surface area contributed by atoms with Crippen molar-refractivity contribution >= 4 is 29.1 Å². The van der Waals surface area contributed by atoms with Crippen molar-refractivity contribution < 1.29 is 0 Å². The first-order valence-electron chi connectivity index (χ1n) is 5.91. The van der Waals surface area contributed by atoms with Crippen LogP contribution >= 0.6 is 23.3 Å². The van der Waals surface area contributed by atoms with Crippen LogP contribution in [0.3, 0.4) is 0 Å². The lowest BCUT2D eigenvalue weighted by atomic mass is 9.89. The zero-order chi connectivity index (χ0) is 11.5. The first kappa shape index (κ1) is 12.1. The van der Waals surface area contributed by atoms with Crippen molar-refractivity contribution in [1.82, 2.24) is 8.75 Å². The summed E-state index contributed by atoms with van der Waals surface area (Å²) >= 11 is 7.22. The third-order valence-electron chi connectivity index (χ3n) is 3.45. The monoisotopic (exact) mass is 259 g/mol. The minimum absolute atomic E-state index is 0.563. The Morgan fingerprint density at radius 2 is 2.12 bits per heavy atom. The van der Waals surface area contributed by atoms with Gasteiger partial charge in [-0.3, -0.25) is 0 Å². The van der Waals surface area contributed by atoms with Crippen LogP contribution < -0.4 is 4.90 Å². The van der Waals surface area contributed by atoms with E-state index in [4.69, 9.17) is 11.6 Å². The van der Waals surface area contributed by atoms with Gasteiger partial charge in [0.2, 0.25) is 0 Å².